The van der Waals surface area contributed by atoms with Crippen LogP contribution < -0.4 is 4.74 Å². The van der Waals surface area contributed by atoms with Crippen LogP contribution in [0.4, 0.5) is 4.39 Å². The van der Waals surface area contributed by atoms with Crippen molar-refractivity contribution in [1.29, 1.82) is 0 Å². The number of rotatable bonds is 6. The van der Waals surface area contributed by atoms with E-state index < -0.39 is 24.2 Å². The standard InChI is InChI=1S/C12H11FN4O4/c1-20-11-3-2-8(4-9(11)13)10(18)6-21-12(19)5-17-7-14-15-16-17/h2-4,7H,5-6H2,1H3. The lowest BCUT2D eigenvalue weighted by Gasteiger charge is -2.06. The van der Waals surface area contributed by atoms with Crippen molar-refractivity contribution >= 4 is 11.8 Å². The number of carbonyl (C=O) groups is 2. The monoisotopic (exact) mass is 294 g/mol. The molecule has 0 saturated carbocycles. The summed E-state index contributed by atoms with van der Waals surface area (Å²) in [6.07, 6.45) is 1.24. The molecular formula is C12H11FN4O4. The number of halogens is 1. The van der Waals surface area contributed by atoms with Crippen molar-refractivity contribution in [3.05, 3.63) is 35.9 Å². The third-order valence-corrected chi connectivity index (χ3v) is 2.52. The summed E-state index contributed by atoms with van der Waals surface area (Å²) in [5.41, 5.74) is 0.0866. The maximum atomic E-state index is 13.5. The van der Waals surface area contributed by atoms with E-state index in [9.17, 15) is 14.0 Å². The number of nitrogens with zero attached hydrogens (tertiary/aromatic N) is 4. The minimum Gasteiger partial charge on any atom is -0.494 e. The molecule has 8 nitrogen and oxygen atoms in total. The average Bonchev–Trinajstić information content (AvgIpc) is 2.97. The maximum Gasteiger partial charge on any atom is 0.328 e. The maximum absolute atomic E-state index is 13.5. The van der Waals surface area contributed by atoms with Crippen LogP contribution in [0, 0.1) is 5.82 Å². The van der Waals surface area contributed by atoms with Crippen LogP contribution in [0.1, 0.15) is 10.4 Å². The van der Waals surface area contributed by atoms with Crippen LogP contribution in [-0.2, 0) is 16.1 Å². The second-order valence-corrected chi connectivity index (χ2v) is 3.94. The molecule has 0 radical (unpaired) electrons. The number of ether oxygens (including phenoxy) is 2. The molecule has 21 heavy (non-hydrogen) atoms. The largest absolute Gasteiger partial charge is 0.494 e. The highest BCUT2D eigenvalue weighted by Gasteiger charge is 2.13. The normalized spacial score (nSPS) is 10.2. The average molecular weight is 294 g/mol. The lowest BCUT2D eigenvalue weighted by molar-refractivity contribution is -0.143. The molecule has 2 rings (SSSR count). The van der Waals surface area contributed by atoms with Crippen LogP contribution in [0.5, 0.6) is 5.75 Å². The van der Waals surface area contributed by atoms with Gasteiger partial charge in [-0.3, -0.25) is 9.59 Å². The molecule has 0 spiro atoms. The molecule has 0 N–H and O–H groups in total. The van der Waals surface area contributed by atoms with Gasteiger partial charge in [0.15, 0.2) is 24.0 Å². The first-order chi connectivity index (χ1) is 10.1. The SMILES string of the molecule is COc1ccc(C(=O)COC(=O)Cn2cnnn2)cc1F. The minimum atomic E-state index is -0.676. The summed E-state index contributed by atoms with van der Waals surface area (Å²) in [6, 6.07) is 3.74. The highest BCUT2D eigenvalue weighted by atomic mass is 19.1. The van der Waals surface area contributed by atoms with Crippen LogP contribution >= 0.6 is 0 Å². The summed E-state index contributed by atoms with van der Waals surface area (Å²) < 4.78 is 24.1. The van der Waals surface area contributed by atoms with Crippen LogP contribution in [-0.4, -0.2) is 45.7 Å². The Morgan fingerprint density at radius 2 is 2.19 bits per heavy atom. The van der Waals surface area contributed by atoms with Gasteiger partial charge >= 0.3 is 5.97 Å². The van der Waals surface area contributed by atoms with Crippen molar-refractivity contribution in [3.8, 4) is 5.75 Å². The third-order valence-electron chi connectivity index (χ3n) is 2.52. The van der Waals surface area contributed by atoms with E-state index in [4.69, 9.17) is 9.47 Å². The Balaban J connectivity index is 1.89. The van der Waals surface area contributed by atoms with Gasteiger partial charge in [-0.05, 0) is 28.6 Å². The minimum absolute atomic E-state index is 0.0298. The van der Waals surface area contributed by atoms with Crippen molar-refractivity contribution in [2.75, 3.05) is 13.7 Å². The van der Waals surface area contributed by atoms with Gasteiger partial charge in [-0.25, -0.2) is 9.07 Å². The van der Waals surface area contributed by atoms with Crippen LogP contribution in [0.2, 0.25) is 0 Å². The van der Waals surface area contributed by atoms with Crippen molar-refractivity contribution < 1.29 is 23.5 Å². The molecule has 0 saturated heterocycles. The first-order valence-corrected chi connectivity index (χ1v) is 5.83. The molecule has 1 aromatic carbocycles. The lowest BCUT2D eigenvalue weighted by atomic mass is 10.1. The number of tetrazole rings is 1. The van der Waals surface area contributed by atoms with E-state index in [1.54, 1.807) is 0 Å². The van der Waals surface area contributed by atoms with Gasteiger partial charge in [0.1, 0.15) is 12.9 Å². The Bertz CT molecular complexity index is 645. The van der Waals surface area contributed by atoms with E-state index in [1.165, 1.54) is 25.6 Å². The third kappa shape index (κ3) is 3.81. The number of hydrogen-bond donors (Lipinski definition) is 0. The Morgan fingerprint density at radius 1 is 1.38 bits per heavy atom. The van der Waals surface area contributed by atoms with Gasteiger partial charge in [0, 0.05) is 5.56 Å². The Morgan fingerprint density at radius 3 is 2.81 bits per heavy atom. The van der Waals surface area contributed by atoms with Crippen molar-refractivity contribution in [1.82, 2.24) is 20.2 Å². The molecular weight excluding hydrogens is 283 g/mol. The van der Waals surface area contributed by atoms with E-state index in [1.807, 2.05) is 0 Å². The Kier molecular flexibility index (Phi) is 4.54. The highest BCUT2D eigenvalue weighted by Crippen LogP contribution is 2.17. The first kappa shape index (κ1) is 14.6. The first-order valence-electron chi connectivity index (χ1n) is 5.83. The van der Waals surface area contributed by atoms with Crippen LogP contribution in [0.15, 0.2) is 24.5 Å². The topological polar surface area (TPSA) is 96.2 Å². The number of aromatic nitrogens is 4. The zero-order valence-electron chi connectivity index (χ0n) is 11.0. The van der Waals surface area contributed by atoms with Gasteiger partial charge in [-0.15, -0.1) is 5.10 Å². The highest BCUT2D eigenvalue weighted by molar-refractivity contribution is 5.98. The van der Waals surface area contributed by atoms with Gasteiger partial charge in [0.2, 0.25) is 0 Å². The smallest absolute Gasteiger partial charge is 0.328 e. The molecule has 0 aliphatic carbocycles. The summed E-state index contributed by atoms with van der Waals surface area (Å²) in [5, 5.41) is 10.2. The Labute approximate surface area is 118 Å². The molecule has 2 aromatic rings. The molecule has 9 heteroatoms. The molecule has 0 amide bonds. The number of Topliss-reactive ketones (excluding diaryl/α,β-unsaturated/α-hetero) is 1. The predicted octanol–water partition coefficient (Wildman–Crippen LogP) is 0.247. The number of ketones is 1. The Hall–Kier alpha value is -2.84. The lowest BCUT2D eigenvalue weighted by Crippen LogP contribution is -2.19. The predicted molar refractivity (Wildman–Crippen MR) is 66.1 cm³/mol. The van der Waals surface area contributed by atoms with Crippen molar-refractivity contribution in [2.24, 2.45) is 0 Å². The number of benzene rings is 1. The van der Waals surface area contributed by atoms with E-state index >= 15 is 0 Å². The van der Waals surface area contributed by atoms with Crippen molar-refractivity contribution in [2.45, 2.75) is 6.54 Å². The molecule has 110 valence electrons. The molecule has 0 aliphatic rings. The fourth-order valence-electron chi connectivity index (χ4n) is 1.50. The van der Waals surface area contributed by atoms with Crippen LogP contribution in [0.3, 0.4) is 0 Å². The summed E-state index contributed by atoms with van der Waals surface area (Å²) >= 11 is 0. The number of esters is 1. The summed E-state index contributed by atoms with van der Waals surface area (Å²) in [4.78, 5) is 23.2. The fraction of sp³-hybridized carbons (Fsp3) is 0.250. The summed E-state index contributed by atoms with van der Waals surface area (Å²) in [7, 11) is 1.32. The molecule has 0 fully saturated rings. The molecule has 0 atom stereocenters. The molecule has 0 aliphatic heterocycles. The zero-order chi connectivity index (χ0) is 15.2. The van der Waals surface area contributed by atoms with E-state index in [-0.39, 0.29) is 17.9 Å². The van der Waals surface area contributed by atoms with E-state index in [2.05, 4.69) is 15.5 Å². The number of methoxy groups -OCH3 is 1. The van der Waals surface area contributed by atoms with Gasteiger partial charge < -0.3 is 9.47 Å². The number of carbonyl (C=O) groups excluding carboxylic acids is 2. The van der Waals surface area contributed by atoms with E-state index in [0.29, 0.717) is 0 Å². The second-order valence-electron chi connectivity index (χ2n) is 3.94. The second kappa shape index (κ2) is 6.55. The van der Waals surface area contributed by atoms with Crippen LogP contribution in [0.25, 0.3) is 0 Å². The summed E-state index contributed by atoms with van der Waals surface area (Å²) in [5.74, 6) is -1.84. The molecule has 1 aromatic heterocycles. The van der Waals surface area contributed by atoms with Gasteiger partial charge in [0.05, 0.1) is 7.11 Å². The number of hydrogen-bond acceptors (Lipinski definition) is 7. The van der Waals surface area contributed by atoms with Gasteiger partial charge in [0.25, 0.3) is 0 Å². The summed E-state index contributed by atoms with van der Waals surface area (Å²) in [6.45, 7) is -0.704. The quantitative estimate of drug-likeness (QED) is 0.556. The molecule has 1 heterocycles. The van der Waals surface area contributed by atoms with Gasteiger partial charge in [-0.1, -0.05) is 0 Å². The fourth-order valence-corrected chi connectivity index (χ4v) is 1.50. The van der Waals surface area contributed by atoms with E-state index in [0.717, 1.165) is 10.7 Å². The zero-order valence-corrected chi connectivity index (χ0v) is 11.0. The molecule has 0 unspecified atom stereocenters. The van der Waals surface area contributed by atoms with Crippen molar-refractivity contribution in [3.63, 3.8) is 0 Å². The van der Waals surface area contributed by atoms with Gasteiger partial charge in [-0.2, -0.15) is 0 Å². The molecule has 0 bridgehead atoms.